The van der Waals surface area contributed by atoms with Crippen LogP contribution in [-0.4, -0.2) is 55.4 Å². The van der Waals surface area contributed by atoms with Crippen LogP contribution >= 0.6 is 0 Å². The number of rotatable bonds is 3. The van der Waals surface area contributed by atoms with Crippen molar-refractivity contribution in [1.82, 2.24) is 13.8 Å². The molecule has 0 saturated carbocycles. The highest BCUT2D eigenvalue weighted by atomic mass is 32.2. The zero-order valence-corrected chi connectivity index (χ0v) is 14.2. The Kier molecular flexibility index (Phi) is 4.01. The molecule has 1 aliphatic rings. The van der Waals surface area contributed by atoms with Crippen LogP contribution < -0.4 is 0 Å². The lowest BCUT2D eigenvalue weighted by Gasteiger charge is -2.34. The third kappa shape index (κ3) is 2.55. The number of benzene rings is 1. The lowest BCUT2D eigenvalue weighted by Crippen LogP contribution is -2.44. The minimum atomic E-state index is -3.42. The first-order chi connectivity index (χ1) is 10.4. The van der Waals surface area contributed by atoms with Crippen molar-refractivity contribution < 1.29 is 8.42 Å². The molecule has 1 aromatic carbocycles. The van der Waals surface area contributed by atoms with Crippen LogP contribution in [-0.2, 0) is 17.1 Å². The lowest BCUT2D eigenvalue weighted by atomic mass is 10.1. The number of hydrogen-bond acceptors (Lipinski definition) is 3. The summed E-state index contributed by atoms with van der Waals surface area (Å²) < 4.78 is 29.5. The van der Waals surface area contributed by atoms with Crippen molar-refractivity contribution in [2.45, 2.75) is 23.8 Å². The van der Waals surface area contributed by atoms with E-state index in [2.05, 4.69) is 19.0 Å². The molecular weight excluding hydrogens is 298 g/mol. The smallest absolute Gasteiger partial charge is 0.245 e. The van der Waals surface area contributed by atoms with E-state index in [-0.39, 0.29) is 0 Å². The predicted molar refractivity (Wildman–Crippen MR) is 88.4 cm³/mol. The van der Waals surface area contributed by atoms with Gasteiger partial charge in [0.15, 0.2) is 0 Å². The molecular formula is C16H23N3O2S. The zero-order chi connectivity index (χ0) is 15.9. The van der Waals surface area contributed by atoms with Crippen LogP contribution in [0, 0.1) is 0 Å². The molecule has 1 aromatic heterocycles. The summed E-state index contributed by atoms with van der Waals surface area (Å²) in [7, 11) is 2.58. The summed E-state index contributed by atoms with van der Waals surface area (Å²) in [5.74, 6) is 0. The Labute approximate surface area is 132 Å². The monoisotopic (exact) mass is 321 g/mol. The number of para-hydroxylation sites is 1. The number of aryl methyl sites for hydroxylation is 1. The minimum absolute atomic E-state index is 0.425. The molecule has 0 unspecified atom stereocenters. The fourth-order valence-electron chi connectivity index (χ4n) is 3.25. The number of fused-ring (bicyclic) bond motifs is 1. The highest BCUT2D eigenvalue weighted by molar-refractivity contribution is 7.89. The second kappa shape index (κ2) is 5.68. The standard InChI is InChI=1S/C16H23N3O2S/c1-17(2)13-8-10-19(11-9-13)22(20,21)16-12-18(3)15-7-5-4-6-14(15)16/h4-7,12-13H,8-11H2,1-3H3. The Balaban J connectivity index is 1.93. The first-order valence-electron chi connectivity index (χ1n) is 7.62. The number of aromatic nitrogens is 1. The van der Waals surface area contributed by atoms with Crippen LogP contribution in [0.1, 0.15) is 12.8 Å². The van der Waals surface area contributed by atoms with Crippen molar-refractivity contribution in [2.75, 3.05) is 27.2 Å². The summed E-state index contributed by atoms with van der Waals surface area (Å²) in [6.45, 7) is 1.18. The highest BCUT2D eigenvalue weighted by Crippen LogP contribution is 2.29. The van der Waals surface area contributed by atoms with Gasteiger partial charge in [-0.05, 0) is 33.0 Å². The van der Waals surface area contributed by atoms with E-state index in [0.29, 0.717) is 24.0 Å². The molecule has 0 amide bonds. The maximum absolute atomic E-state index is 13.0. The molecule has 0 bridgehead atoms. The maximum atomic E-state index is 13.0. The van der Waals surface area contributed by atoms with Crippen molar-refractivity contribution in [3.8, 4) is 0 Å². The van der Waals surface area contributed by atoms with Gasteiger partial charge in [0.2, 0.25) is 10.0 Å². The first-order valence-corrected chi connectivity index (χ1v) is 9.06. The Bertz CT molecular complexity index is 772. The van der Waals surface area contributed by atoms with E-state index in [9.17, 15) is 8.42 Å². The highest BCUT2D eigenvalue weighted by Gasteiger charge is 2.31. The van der Waals surface area contributed by atoms with Gasteiger partial charge in [0.25, 0.3) is 0 Å². The third-order valence-corrected chi connectivity index (χ3v) is 6.56. The molecule has 0 aliphatic carbocycles. The fourth-order valence-corrected chi connectivity index (χ4v) is 4.96. The number of nitrogens with zero attached hydrogens (tertiary/aromatic N) is 3. The van der Waals surface area contributed by atoms with Crippen molar-refractivity contribution in [2.24, 2.45) is 7.05 Å². The first kappa shape index (κ1) is 15.5. The number of hydrogen-bond donors (Lipinski definition) is 0. The average molecular weight is 321 g/mol. The molecule has 6 heteroatoms. The van der Waals surface area contributed by atoms with Crippen LogP contribution in [0.4, 0.5) is 0 Å². The second-order valence-corrected chi connectivity index (χ2v) is 8.13. The van der Waals surface area contributed by atoms with Crippen molar-refractivity contribution in [3.05, 3.63) is 30.5 Å². The van der Waals surface area contributed by atoms with Crippen molar-refractivity contribution in [1.29, 1.82) is 0 Å². The molecule has 0 spiro atoms. The van der Waals surface area contributed by atoms with E-state index in [1.807, 2.05) is 35.9 Å². The molecule has 0 N–H and O–H groups in total. The molecule has 1 saturated heterocycles. The molecule has 3 rings (SSSR count). The van der Waals surface area contributed by atoms with E-state index in [1.165, 1.54) is 0 Å². The molecule has 5 nitrogen and oxygen atoms in total. The van der Waals surface area contributed by atoms with E-state index in [1.54, 1.807) is 10.5 Å². The number of sulfonamides is 1. The molecule has 22 heavy (non-hydrogen) atoms. The van der Waals surface area contributed by atoms with E-state index in [4.69, 9.17) is 0 Å². The van der Waals surface area contributed by atoms with Crippen LogP contribution in [0.5, 0.6) is 0 Å². The largest absolute Gasteiger partial charge is 0.349 e. The van der Waals surface area contributed by atoms with Gasteiger partial charge in [0.1, 0.15) is 4.90 Å². The predicted octanol–water partition coefficient (Wildman–Crippen LogP) is 1.89. The van der Waals surface area contributed by atoms with Gasteiger partial charge in [-0.2, -0.15) is 4.31 Å². The molecule has 120 valence electrons. The van der Waals surface area contributed by atoms with Gasteiger partial charge < -0.3 is 9.47 Å². The van der Waals surface area contributed by atoms with Crippen LogP contribution in [0.3, 0.4) is 0 Å². The van der Waals surface area contributed by atoms with Gasteiger partial charge in [0.05, 0.1) is 0 Å². The van der Waals surface area contributed by atoms with E-state index >= 15 is 0 Å². The topological polar surface area (TPSA) is 45.6 Å². The van der Waals surface area contributed by atoms with Gasteiger partial charge in [-0.15, -0.1) is 0 Å². The van der Waals surface area contributed by atoms with Crippen LogP contribution in [0.25, 0.3) is 10.9 Å². The minimum Gasteiger partial charge on any atom is -0.349 e. The molecule has 2 aromatic rings. The quantitative estimate of drug-likeness (QED) is 0.867. The Hall–Kier alpha value is -1.37. The molecule has 1 aliphatic heterocycles. The summed E-state index contributed by atoms with van der Waals surface area (Å²) in [6.07, 6.45) is 3.51. The molecule has 2 heterocycles. The van der Waals surface area contributed by atoms with Gasteiger partial charge in [0, 0.05) is 43.3 Å². The Morgan fingerprint density at radius 3 is 2.41 bits per heavy atom. The van der Waals surface area contributed by atoms with Gasteiger partial charge in [-0.25, -0.2) is 8.42 Å². The van der Waals surface area contributed by atoms with Crippen molar-refractivity contribution >= 4 is 20.9 Å². The summed E-state index contributed by atoms with van der Waals surface area (Å²) in [5, 5.41) is 0.805. The number of piperidine rings is 1. The average Bonchev–Trinajstić information content (AvgIpc) is 2.86. The Morgan fingerprint density at radius 1 is 1.14 bits per heavy atom. The fraction of sp³-hybridized carbons (Fsp3) is 0.500. The summed E-state index contributed by atoms with van der Waals surface area (Å²) in [4.78, 5) is 2.61. The van der Waals surface area contributed by atoms with Gasteiger partial charge in [-0.1, -0.05) is 18.2 Å². The van der Waals surface area contributed by atoms with Crippen LogP contribution in [0.2, 0.25) is 0 Å². The SMILES string of the molecule is CN(C)C1CCN(S(=O)(=O)c2cn(C)c3ccccc23)CC1. The second-order valence-electron chi connectivity index (χ2n) is 6.22. The van der Waals surface area contributed by atoms with E-state index in [0.717, 1.165) is 23.7 Å². The summed E-state index contributed by atoms with van der Waals surface area (Å²) >= 11 is 0. The van der Waals surface area contributed by atoms with Gasteiger partial charge in [-0.3, -0.25) is 0 Å². The normalized spacial score (nSPS) is 18.4. The summed E-state index contributed by atoms with van der Waals surface area (Å²) in [6, 6.07) is 8.13. The van der Waals surface area contributed by atoms with E-state index < -0.39 is 10.0 Å². The summed E-state index contributed by atoms with van der Waals surface area (Å²) in [5.41, 5.74) is 0.948. The molecule has 0 radical (unpaired) electrons. The van der Waals surface area contributed by atoms with Crippen molar-refractivity contribution in [3.63, 3.8) is 0 Å². The zero-order valence-electron chi connectivity index (χ0n) is 13.4. The lowest BCUT2D eigenvalue weighted by molar-refractivity contribution is 0.196. The molecule has 0 atom stereocenters. The van der Waals surface area contributed by atoms with Gasteiger partial charge >= 0.3 is 0 Å². The maximum Gasteiger partial charge on any atom is 0.245 e. The third-order valence-electron chi connectivity index (χ3n) is 4.63. The Morgan fingerprint density at radius 2 is 1.77 bits per heavy atom. The van der Waals surface area contributed by atoms with Crippen LogP contribution in [0.15, 0.2) is 35.4 Å². The molecule has 1 fully saturated rings.